The van der Waals surface area contributed by atoms with E-state index in [9.17, 15) is 4.79 Å². The molecule has 0 spiro atoms. The quantitative estimate of drug-likeness (QED) is 0.795. The highest BCUT2D eigenvalue weighted by atomic mass is 35.5. The summed E-state index contributed by atoms with van der Waals surface area (Å²) in [6.07, 6.45) is 2.64. The number of hydrogen-bond acceptors (Lipinski definition) is 3. The molecular weight excluding hydrogens is 252 g/mol. The summed E-state index contributed by atoms with van der Waals surface area (Å²) in [7, 11) is 0. The van der Waals surface area contributed by atoms with Gasteiger partial charge in [0, 0.05) is 18.0 Å². The van der Waals surface area contributed by atoms with Crippen molar-refractivity contribution in [2.75, 3.05) is 6.54 Å². The van der Waals surface area contributed by atoms with Gasteiger partial charge in [0.05, 0.1) is 11.6 Å². The molecular formula is C13H15ClN2O2. The van der Waals surface area contributed by atoms with E-state index in [2.05, 4.69) is 22.1 Å². The first-order valence-corrected chi connectivity index (χ1v) is 5.81. The number of amides is 1. The van der Waals surface area contributed by atoms with Gasteiger partial charge in [-0.2, -0.15) is 0 Å². The molecule has 96 valence electrons. The van der Waals surface area contributed by atoms with E-state index in [0.29, 0.717) is 10.6 Å². The van der Waals surface area contributed by atoms with E-state index in [1.165, 1.54) is 6.20 Å². The summed E-state index contributed by atoms with van der Waals surface area (Å²) in [5.41, 5.74) is 0.170. The van der Waals surface area contributed by atoms with Crippen molar-refractivity contribution in [1.29, 1.82) is 0 Å². The summed E-state index contributed by atoms with van der Waals surface area (Å²) in [4.78, 5) is 15.2. The molecule has 5 heteroatoms. The second-order valence-electron chi connectivity index (χ2n) is 4.51. The molecule has 4 nitrogen and oxygen atoms in total. The van der Waals surface area contributed by atoms with Crippen molar-refractivity contribution in [1.82, 2.24) is 10.3 Å². The number of nitrogens with zero attached hydrogens (tertiary/aromatic N) is 1. The maximum atomic E-state index is 11.3. The Morgan fingerprint density at radius 1 is 1.56 bits per heavy atom. The summed E-state index contributed by atoms with van der Waals surface area (Å²) in [5, 5.41) is 3.02. The molecule has 1 heterocycles. The Balaban J connectivity index is 2.44. The molecule has 1 aromatic heterocycles. The van der Waals surface area contributed by atoms with Crippen LogP contribution in [0, 0.1) is 11.8 Å². The van der Waals surface area contributed by atoms with E-state index in [-0.39, 0.29) is 6.54 Å². The second kappa shape index (κ2) is 6.27. The van der Waals surface area contributed by atoms with Crippen molar-refractivity contribution < 1.29 is 9.53 Å². The minimum atomic E-state index is -0.508. The molecule has 0 saturated carbocycles. The second-order valence-corrected chi connectivity index (χ2v) is 4.92. The van der Waals surface area contributed by atoms with Crippen LogP contribution in [0.5, 0.6) is 0 Å². The smallest absolute Gasteiger partial charge is 0.408 e. The Hall–Kier alpha value is -1.73. The Morgan fingerprint density at radius 3 is 2.89 bits per heavy atom. The monoisotopic (exact) mass is 266 g/mol. The number of carbonyl (C=O) groups excluding carboxylic acids is 1. The first-order chi connectivity index (χ1) is 8.38. The molecule has 0 aliphatic rings. The van der Waals surface area contributed by atoms with E-state index in [1.807, 2.05) is 0 Å². The molecule has 0 aliphatic heterocycles. The lowest BCUT2D eigenvalue weighted by Gasteiger charge is -2.18. The van der Waals surface area contributed by atoms with Crippen LogP contribution < -0.4 is 5.32 Å². The Morgan fingerprint density at radius 2 is 2.28 bits per heavy atom. The third kappa shape index (κ3) is 5.55. The first-order valence-electron chi connectivity index (χ1n) is 5.44. The average molecular weight is 267 g/mol. The number of hydrogen-bond donors (Lipinski definition) is 1. The normalized spacial score (nSPS) is 10.2. The lowest BCUT2D eigenvalue weighted by molar-refractivity contribution is 0.0535. The zero-order valence-corrected chi connectivity index (χ0v) is 11.3. The standard InChI is InChI=1S/C13H15ClN2O2/c1-13(2,3)18-12(17)16-7-4-5-10-6-8-15-9-11(10)14/h6,8-9H,7H2,1-3H3,(H,16,17). The van der Waals surface area contributed by atoms with Crippen LogP contribution in [-0.2, 0) is 4.74 Å². The maximum Gasteiger partial charge on any atom is 0.408 e. The van der Waals surface area contributed by atoms with Gasteiger partial charge >= 0.3 is 6.09 Å². The average Bonchev–Trinajstić information content (AvgIpc) is 2.24. The van der Waals surface area contributed by atoms with Crippen LogP contribution in [0.2, 0.25) is 5.02 Å². The molecule has 0 aromatic carbocycles. The number of nitrogens with one attached hydrogen (secondary N) is 1. The van der Waals surface area contributed by atoms with Gasteiger partial charge in [0.15, 0.2) is 0 Å². The number of halogens is 1. The minimum absolute atomic E-state index is 0.202. The van der Waals surface area contributed by atoms with Gasteiger partial charge < -0.3 is 10.1 Å². The zero-order chi connectivity index (χ0) is 13.6. The largest absolute Gasteiger partial charge is 0.444 e. The van der Waals surface area contributed by atoms with Gasteiger partial charge in [0.2, 0.25) is 0 Å². The Kier molecular flexibility index (Phi) is 4.99. The van der Waals surface area contributed by atoms with E-state index < -0.39 is 11.7 Å². The fourth-order valence-corrected chi connectivity index (χ4v) is 1.21. The summed E-state index contributed by atoms with van der Waals surface area (Å²) in [5.74, 6) is 5.62. The first kappa shape index (κ1) is 14.3. The number of ether oxygens (including phenoxy) is 1. The molecule has 0 saturated heterocycles. The molecule has 1 aromatic rings. The van der Waals surface area contributed by atoms with Crippen molar-refractivity contribution in [3.63, 3.8) is 0 Å². The van der Waals surface area contributed by atoms with Gasteiger partial charge in [-0.05, 0) is 26.8 Å². The van der Waals surface area contributed by atoms with Crippen molar-refractivity contribution in [2.24, 2.45) is 0 Å². The van der Waals surface area contributed by atoms with Crippen LogP contribution in [0.25, 0.3) is 0 Å². The van der Waals surface area contributed by atoms with E-state index in [1.54, 1.807) is 33.0 Å². The fourth-order valence-electron chi connectivity index (χ4n) is 1.05. The van der Waals surface area contributed by atoms with Gasteiger partial charge in [-0.15, -0.1) is 0 Å². The molecule has 1 N–H and O–H groups in total. The number of rotatable bonds is 1. The third-order valence-corrected chi connectivity index (χ3v) is 2.02. The highest BCUT2D eigenvalue weighted by Gasteiger charge is 2.14. The molecule has 0 atom stereocenters. The van der Waals surface area contributed by atoms with Gasteiger partial charge in [-0.25, -0.2) is 4.79 Å². The van der Waals surface area contributed by atoms with Crippen LogP contribution in [0.15, 0.2) is 18.5 Å². The number of alkyl carbamates (subject to hydrolysis) is 1. The predicted octanol–water partition coefficient (Wildman–Crippen LogP) is 2.61. The van der Waals surface area contributed by atoms with Crippen molar-refractivity contribution in [3.05, 3.63) is 29.0 Å². The molecule has 18 heavy (non-hydrogen) atoms. The number of aromatic nitrogens is 1. The molecule has 1 rings (SSSR count). The topological polar surface area (TPSA) is 51.2 Å². The predicted molar refractivity (Wildman–Crippen MR) is 70.4 cm³/mol. The summed E-state index contributed by atoms with van der Waals surface area (Å²) >= 11 is 5.88. The van der Waals surface area contributed by atoms with Crippen molar-refractivity contribution in [3.8, 4) is 11.8 Å². The van der Waals surface area contributed by atoms with E-state index in [0.717, 1.165) is 0 Å². The van der Waals surface area contributed by atoms with Gasteiger partial charge in [-0.3, -0.25) is 4.98 Å². The Labute approximate surface area is 112 Å². The van der Waals surface area contributed by atoms with Crippen molar-refractivity contribution >= 4 is 17.7 Å². The van der Waals surface area contributed by atoms with Crippen LogP contribution in [0.1, 0.15) is 26.3 Å². The lowest BCUT2D eigenvalue weighted by atomic mass is 10.2. The molecule has 0 radical (unpaired) electrons. The molecule has 1 amide bonds. The van der Waals surface area contributed by atoms with Crippen molar-refractivity contribution in [2.45, 2.75) is 26.4 Å². The molecule has 0 fully saturated rings. The van der Waals surface area contributed by atoms with Crippen LogP contribution in [-0.4, -0.2) is 23.2 Å². The van der Waals surface area contributed by atoms with E-state index in [4.69, 9.17) is 16.3 Å². The highest BCUT2D eigenvalue weighted by Crippen LogP contribution is 2.11. The van der Waals surface area contributed by atoms with Crippen LogP contribution in [0.4, 0.5) is 4.79 Å². The van der Waals surface area contributed by atoms with Crippen LogP contribution in [0.3, 0.4) is 0 Å². The summed E-state index contributed by atoms with van der Waals surface area (Å²) in [6.45, 7) is 5.60. The molecule has 0 unspecified atom stereocenters. The van der Waals surface area contributed by atoms with Gasteiger partial charge in [0.25, 0.3) is 0 Å². The molecule has 0 bridgehead atoms. The fraction of sp³-hybridized carbons (Fsp3) is 0.385. The number of pyridine rings is 1. The van der Waals surface area contributed by atoms with Crippen LogP contribution >= 0.6 is 11.6 Å². The van der Waals surface area contributed by atoms with Gasteiger partial charge in [-0.1, -0.05) is 23.4 Å². The Bertz CT molecular complexity index is 484. The summed E-state index contributed by atoms with van der Waals surface area (Å²) < 4.78 is 5.06. The maximum absolute atomic E-state index is 11.3. The summed E-state index contributed by atoms with van der Waals surface area (Å²) in [6, 6.07) is 1.71. The van der Waals surface area contributed by atoms with Gasteiger partial charge in [0.1, 0.15) is 5.60 Å². The third-order valence-electron chi connectivity index (χ3n) is 1.72. The van der Waals surface area contributed by atoms with E-state index >= 15 is 0 Å². The SMILES string of the molecule is CC(C)(C)OC(=O)NCC#Cc1ccncc1Cl. The lowest BCUT2D eigenvalue weighted by Crippen LogP contribution is -2.32. The number of carbonyl (C=O) groups is 1. The highest BCUT2D eigenvalue weighted by molar-refractivity contribution is 6.31. The minimum Gasteiger partial charge on any atom is -0.444 e. The zero-order valence-electron chi connectivity index (χ0n) is 10.6. The molecule has 0 aliphatic carbocycles.